The van der Waals surface area contributed by atoms with E-state index in [1.165, 1.54) is 10.8 Å². The van der Waals surface area contributed by atoms with Gasteiger partial charge in [0.15, 0.2) is 0 Å². The molecule has 1 aromatic heterocycles. The third-order valence-electron chi connectivity index (χ3n) is 3.44. The van der Waals surface area contributed by atoms with Crippen molar-refractivity contribution < 1.29 is 0 Å². The number of fused-ring (bicyclic) bond motifs is 1. The summed E-state index contributed by atoms with van der Waals surface area (Å²) in [6.45, 7) is 1.96. The summed E-state index contributed by atoms with van der Waals surface area (Å²) < 4.78 is 1.37. The third-order valence-corrected chi connectivity index (χ3v) is 3.44. The van der Waals surface area contributed by atoms with E-state index in [1.54, 1.807) is 18.3 Å². The van der Waals surface area contributed by atoms with Crippen molar-refractivity contribution in [3.63, 3.8) is 0 Å². The van der Waals surface area contributed by atoms with Crippen LogP contribution in [-0.2, 0) is 0 Å². The summed E-state index contributed by atoms with van der Waals surface area (Å²) in [5.74, 6) is 0. The van der Waals surface area contributed by atoms with Crippen LogP contribution in [0, 0.1) is 18.3 Å². The number of nitriles is 1. The summed E-state index contributed by atoms with van der Waals surface area (Å²) in [6, 6.07) is 15.0. The molecule has 106 valence electrons. The fourth-order valence-corrected chi connectivity index (χ4v) is 2.39. The summed E-state index contributed by atoms with van der Waals surface area (Å²) in [5, 5.41) is 14.4. The van der Waals surface area contributed by atoms with E-state index in [0.717, 1.165) is 16.5 Å². The Hall–Kier alpha value is -3.19. The van der Waals surface area contributed by atoms with Crippen LogP contribution < -0.4 is 5.56 Å². The van der Waals surface area contributed by atoms with Crippen LogP contribution in [0.5, 0.6) is 0 Å². The summed E-state index contributed by atoms with van der Waals surface area (Å²) in [4.78, 5) is 12.7. The minimum Gasteiger partial charge on any atom is -0.267 e. The molecule has 0 fully saturated rings. The van der Waals surface area contributed by atoms with Gasteiger partial charge in [-0.2, -0.15) is 15.0 Å². The lowest BCUT2D eigenvalue weighted by Crippen LogP contribution is -2.21. The van der Waals surface area contributed by atoms with Crippen molar-refractivity contribution in [3.05, 3.63) is 76.2 Å². The van der Waals surface area contributed by atoms with E-state index in [1.807, 2.05) is 49.4 Å². The van der Waals surface area contributed by atoms with Gasteiger partial charge in [0.25, 0.3) is 5.56 Å². The fourth-order valence-electron chi connectivity index (χ4n) is 2.39. The molecule has 0 radical (unpaired) electrons. The zero-order chi connectivity index (χ0) is 15.5. The van der Waals surface area contributed by atoms with Gasteiger partial charge in [-0.1, -0.05) is 29.8 Å². The van der Waals surface area contributed by atoms with Crippen molar-refractivity contribution in [2.45, 2.75) is 6.92 Å². The SMILES string of the molecule is Cc1ccc(-n2ncc3ccccc3c2=O)c(/C=C/C#N)c1. The summed E-state index contributed by atoms with van der Waals surface area (Å²) in [7, 11) is 0. The maximum Gasteiger partial charge on any atom is 0.279 e. The molecule has 0 N–H and O–H groups in total. The third kappa shape index (κ3) is 2.40. The molecule has 0 saturated carbocycles. The lowest BCUT2D eigenvalue weighted by Gasteiger charge is -2.10. The first-order chi connectivity index (χ1) is 10.7. The van der Waals surface area contributed by atoms with Crippen LogP contribution in [0.2, 0.25) is 0 Å². The molecule has 3 aromatic rings. The maximum atomic E-state index is 12.7. The Balaban J connectivity index is 2.28. The minimum absolute atomic E-state index is 0.173. The molecule has 3 rings (SSSR count). The van der Waals surface area contributed by atoms with Crippen LogP contribution in [-0.4, -0.2) is 9.78 Å². The molecular formula is C18H13N3O. The standard InChI is InChI=1S/C18H13N3O/c1-13-8-9-17(14(11-13)6-4-10-19)21-18(22)16-7-3-2-5-15(16)12-20-21/h2-9,11-12H,1H3/b6-4+. The highest BCUT2D eigenvalue weighted by Crippen LogP contribution is 2.17. The van der Waals surface area contributed by atoms with Gasteiger partial charge < -0.3 is 0 Å². The van der Waals surface area contributed by atoms with Crippen molar-refractivity contribution >= 4 is 16.8 Å². The lowest BCUT2D eigenvalue weighted by molar-refractivity contribution is 0.819. The highest BCUT2D eigenvalue weighted by atomic mass is 16.1. The Labute approximate surface area is 127 Å². The van der Waals surface area contributed by atoms with Gasteiger partial charge in [0, 0.05) is 17.0 Å². The highest BCUT2D eigenvalue weighted by Gasteiger charge is 2.09. The Bertz CT molecular complexity index is 978. The van der Waals surface area contributed by atoms with E-state index < -0.39 is 0 Å². The van der Waals surface area contributed by atoms with Gasteiger partial charge in [0.2, 0.25) is 0 Å². The number of hydrogen-bond donors (Lipinski definition) is 0. The smallest absolute Gasteiger partial charge is 0.267 e. The second kappa shape index (κ2) is 5.66. The molecule has 1 heterocycles. The number of benzene rings is 2. The van der Waals surface area contributed by atoms with Gasteiger partial charge >= 0.3 is 0 Å². The average molecular weight is 287 g/mol. The van der Waals surface area contributed by atoms with Crippen LogP contribution in [0.25, 0.3) is 22.5 Å². The Kier molecular flexibility index (Phi) is 3.55. The number of allylic oxidation sites excluding steroid dienone is 1. The van der Waals surface area contributed by atoms with E-state index in [0.29, 0.717) is 11.1 Å². The molecule has 0 amide bonds. The molecule has 0 spiro atoms. The molecule has 0 aliphatic carbocycles. The van der Waals surface area contributed by atoms with E-state index in [-0.39, 0.29) is 5.56 Å². The normalized spacial score (nSPS) is 10.9. The van der Waals surface area contributed by atoms with Crippen LogP contribution in [0.3, 0.4) is 0 Å². The molecular weight excluding hydrogens is 274 g/mol. The first-order valence-corrected chi connectivity index (χ1v) is 6.85. The molecule has 0 aliphatic rings. The van der Waals surface area contributed by atoms with E-state index >= 15 is 0 Å². The molecule has 22 heavy (non-hydrogen) atoms. The quantitative estimate of drug-likeness (QED) is 0.680. The molecule has 0 unspecified atom stereocenters. The highest BCUT2D eigenvalue weighted by molar-refractivity contribution is 5.80. The lowest BCUT2D eigenvalue weighted by atomic mass is 10.1. The first kappa shape index (κ1) is 13.8. The van der Waals surface area contributed by atoms with Crippen molar-refractivity contribution in [3.8, 4) is 11.8 Å². The van der Waals surface area contributed by atoms with Crippen LogP contribution in [0.1, 0.15) is 11.1 Å². The van der Waals surface area contributed by atoms with E-state index in [2.05, 4.69) is 5.10 Å². The summed E-state index contributed by atoms with van der Waals surface area (Å²) >= 11 is 0. The molecule has 4 heteroatoms. The Morgan fingerprint density at radius 1 is 1.23 bits per heavy atom. The van der Waals surface area contributed by atoms with E-state index in [9.17, 15) is 4.79 Å². The van der Waals surface area contributed by atoms with Crippen LogP contribution in [0.15, 0.2) is 59.5 Å². The molecule has 0 atom stereocenters. The summed E-state index contributed by atoms with van der Waals surface area (Å²) in [6.07, 6.45) is 4.75. The van der Waals surface area contributed by atoms with Crippen LogP contribution >= 0.6 is 0 Å². The number of aryl methyl sites for hydroxylation is 1. The number of rotatable bonds is 2. The Morgan fingerprint density at radius 3 is 2.86 bits per heavy atom. The monoisotopic (exact) mass is 287 g/mol. The zero-order valence-electron chi connectivity index (χ0n) is 12.0. The molecule has 0 saturated heterocycles. The van der Waals surface area contributed by atoms with Crippen molar-refractivity contribution in [1.29, 1.82) is 5.26 Å². The average Bonchev–Trinajstić information content (AvgIpc) is 2.54. The van der Waals surface area contributed by atoms with Gasteiger partial charge in [-0.3, -0.25) is 4.79 Å². The van der Waals surface area contributed by atoms with Crippen LogP contribution in [0.4, 0.5) is 0 Å². The number of aromatic nitrogens is 2. The second-order valence-corrected chi connectivity index (χ2v) is 4.97. The molecule has 0 bridgehead atoms. The number of nitrogens with zero attached hydrogens (tertiary/aromatic N) is 3. The predicted octanol–water partition coefficient (Wildman–Crippen LogP) is 3.23. The summed E-state index contributed by atoms with van der Waals surface area (Å²) in [5.41, 5.74) is 2.32. The minimum atomic E-state index is -0.173. The van der Waals surface area contributed by atoms with Crippen molar-refractivity contribution in [1.82, 2.24) is 9.78 Å². The van der Waals surface area contributed by atoms with Gasteiger partial charge in [-0.25, -0.2) is 0 Å². The first-order valence-electron chi connectivity index (χ1n) is 6.85. The largest absolute Gasteiger partial charge is 0.279 e. The van der Waals surface area contributed by atoms with E-state index in [4.69, 9.17) is 5.26 Å². The van der Waals surface area contributed by atoms with Crippen molar-refractivity contribution in [2.75, 3.05) is 0 Å². The van der Waals surface area contributed by atoms with Gasteiger partial charge in [-0.05, 0) is 31.2 Å². The van der Waals surface area contributed by atoms with Gasteiger partial charge in [-0.15, -0.1) is 0 Å². The topological polar surface area (TPSA) is 58.7 Å². The fraction of sp³-hybridized carbons (Fsp3) is 0.0556. The zero-order valence-corrected chi connectivity index (χ0v) is 12.0. The second-order valence-electron chi connectivity index (χ2n) is 4.97. The number of hydrogen-bond acceptors (Lipinski definition) is 3. The molecule has 2 aromatic carbocycles. The predicted molar refractivity (Wildman–Crippen MR) is 86.7 cm³/mol. The van der Waals surface area contributed by atoms with Crippen molar-refractivity contribution in [2.24, 2.45) is 0 Å². The Morgan fingerprint density at radius 2 is 2.05 bits per heavy atom. The van der Waals surface area contributed by atoms with Gasteiger partial charge in [0.1, 0.15) is 0 Å². The molecule has 4 nitrogen and oxygen atoms in total. The maximum absolute atomic E-state index is 12.7. The van der Waals surface area contributed by atoms with Gasteiger partial charge in [0.05, 0.1) is 23.3 Å². The molecule has 0 aliphatic heterocycles.